The molecule has 4 atom stereocenters. The lowest BCUT2D eigenvalue weighted by molar-refractivity contribution is -0.163. The third kappa shape index (κ3) is 2.48. The lowest BCUT2D eigenvalue weighted by atomic mass is 9.78. The predicted molar refractivity (Wildman–Crippen MR) is 109 cm³/mol. The van der Waals surface area contributed by atoms with Crippen LogP contribution in [0.4, 0.5) is 0 Å². The summed E-state index contributed by atoms with van der Waals surface area (Å²) in [6.07, 6.45) is -0.831. The van der Waals surface area contributed by atoms with Crippen LogP contribution in [-0.4, -0.2) is 45.7 Å². The zero-order valence-electron chi connectivity index (χ0n) is 16.5. The third-order valence-corrected chi connectivity index (χ3v) is 6.27. The minimum absolute atomic E-state index is 0.0290. The summed E-state index contributed by atoms with van der Waals surface area (Å²) in [5.74, 6) is -1.74. The van der Waals surface area contributed by atoms with Gasteiger partial charge in [0, 0.05) is 16.9 Å². The van der Waals surface area contributed by atoms with E-state index in [2.05, 4.69) is 0 Å². The van der Waals surface area contributed by atoms with Crippen molar-refractivity contribution >= 4 is 33.8 Å². The maximum Gasteiger partial charge on any atom is 0.352 e. The van der Waals surface area contributed by atoms with Gasteiger partial charge in [-0.2, -0.15) is 0 Å². The van der Waals surface area contributed by atoms with E-state index in [1.54, 1.807) is 6.92 Å². The molecule has 3 aromatic rings. The topological polar surface area (TPSA) is 100 Å². The Balaban J connectivity index is 1.51. The van der Waals surface area contributed by atoms with Crippen molar-refractivity contribution in [2.24, 2.45) is 11.8 Å². The number of furan rings is 1. The second kappa shape index (κ2) is 6.60. The molecule has 2 aromatic carbocycles. The number of benzene rings is 2. The number of ether oxygens (including phenoxy) is 1. The Kier molecular flexibility index (Phi) is 4.11. The van der Waals surface area contributed by atoms with E-state index in [1.165, 1.54) is 4.90 Å². The Morgan fingerprint density at radius 1 is 1.20 bits per heavy atom. The SMILES string of the molecule is C[C@@H](O)[C@H]1C(=O)N2C(C(=O)O)=C(COc3cccc4oc5ccccc5c34)[C@H](C)[C@H]12. The van der Waals surface area contributed by atoms with Gasteiger partial charge in [-0.25, -0.2) is 4.79 Å². The van der Waals surface area contributed by atoms with Crippen LogP contribution in [0.1, 0.15) is 13.8 Å². The number of fused-ring (bicyclic) bond motifs is 4. The molecule has 1 fully saturated rings. The average Bonchev–Trinajstić information content (AvgIpc) is 3.20. The molecule has 154 valence electrons. The van der Waals surface area contributed by atoms with Crippen LogP contribution >= 0.6 is 0 Å². The fourth-order valence-corrected chi connectivity index (χ4v) is 4.85. The molecule has 1 saturated heterocycles. The van der Waals surface area contributed by atoms with Gasteiger partial charge in [0.2, 0.25) is 5.91 Å². The predicted octanol–water partition coefficient (Wildman–Crippen LogP) is 3.16. The molecule has 7 nitrogen and oxygen atoms in total. The summed E-state index contributed by atoms with van der Waals surface area (Å²) in [7, 11) is 0. The molecule has 0 aliphatic carbocycles. The highest BCUT2D eigenvalue weighted by Gasteiger charge is 2.59. The molecular weight excluding hydrogens is 386 g/mol. The average molecular weight is 407 g/mol. The van der Waals surface area contributed by atoms with E-state index in [9.17, 15) is 19.8 Å². The van der Waals surface area contributed by atoms with Crippen molar-refractivity contribution in [2.75, 3.05) is 6.61 Å². The summed E-state index contributed by atoms with van der Waals surface area (Å²) in [5, 5.41) is 21.5. The van der Waals surface area contributed by atoms with Crippen LogP contribution in [0.3, 0.4) is 0 Å². The number of aliphatic carboxylic acids is 1. The first kappa shape index (κ1) is 18.7. The molecule has 1 aromatic heterocycles. The Bertz CT molecular complexity index is 1220. The molecule has 0 spiro atoms. The number of aliphatic hydroxyl groups is 1. The van der Waals surface area contributed by atoms with Crippen molar-refractivity contribution in [3.63, 3.8) is 0 Å². The standard InChI is InChI=1S/C23H21NO6/c1-11-14(21(23(27)28)24-20(11)18(12(2)25)22(24)26)10-29-16-8-5-9-17-19(16)13-6-3-4-7-15(13)30-17/h3-9,11-12,18,20,25H,10H2,1-2H3,(H,27,28)/t11-,12+,18+,20+/m0/s1. The van der Waals surface area contributed by atoms with Crippen LogP contribution in [-0.2, 0) is 9.59 Å². The van der Waals surface area contributed by atoms with Crippen LogP contribution in [0.15, 0.2) is 58.2 Å². The first-order valence-corrected chi connectivity index (χ1v) is 9.90. The van der Waals surface area contributed by atoms with E-state index >= 15 is 0 Å². The number of hydrogen-bond donors (Lipinski definition) is 2. The Labute approximate surface area is 172 Å². The second-order valence-electron chi connectivity index (χ2n) is 7.95. The number of amides is 1. The van der Waals surface area contributed by atoms with Crippen LogP contribution in [0.25, 0.3) is 21.9 Å². The number of carbonyl (C=O) groups excluding carboxylic acids is 1. The molecule has 2 aliphatic heterocycles. The molecule has 2 N–H and O–H groups in total. The molecule has 0 unspecified atom stereocenters. The first-order chi connectivity index (χ1) is 14.4. The molecule has 0 radical (unpaired) electrons. The summed E-state index contributed by atoms with van der Waals surface area (Å²) in [5.41, 5.74) is 1.96. The molecule has 5 rings (SSSR count). The Morgan fingerprint density at radius 2 is 1.93 bits per heavy atom. The quantitative estimate of drug-likeness (QED) is 0.630. The van der Waals surface area contributed by atoms with Crippen LogP contribution in [0.5, 0.6) is 5.75 Å². The molecule has 30 heavy (non-hydrogen) atoms. The minimum atomic E-state index is -1.16. The maximum absolute atomic E-state index is 12.5. The highest BCUT2D eigenvalue weighted by molar-refractivity contribution is 6.08. The lowest BCUT2D eigenvalue weighted by Crippen LogP contribution is -2.63. The fraction of sp³-hybridized carbons (Fsp3) is 0.304. The van der Waals surface area contributed by atoms with Gasteiger partial charge in [-0.05, 0) is 25.1 Å². The number of carbonyl (C=O) groups is 2. The van der Waals surface area contributed by atoms with Gasteiger partial charge < -0.3 is 24.3 Å². The highest BCUT2D eigenvalue weighted by atomic mass is 16.5. The zero-order valence-corrected chi connectivity index (χ0v) is 16.5. The van der Waals surface area contributed by atoms with Gasteiger partial charge in [-0.3, -0.25) is 4.79 Å². The summed E-state index contributed by atoms with van der Waals surface area (Å²) in [6, 6.07) is 12.8. The van der Waals surface area contributed by atoms with Gasteiger partial charge in [0.05, 0.1) is 23.4 Å². The van der Waals surface area contributed by atoms with Crippen LogP contribution < -0.4 is 4.74 Å². The van der Waals surface area contributed by atoms with E-state index in [1.807, 2.05) is 49.4 Å². The highest BCUT2D eigenvalue weighted by Crippen LogP contribution is 2.47. The Hall–Kier alpha value is -3.32. The fourth-order valence-electron chi connectivity index (χ4n) is 4.85. The molecule has 1 amide bonds. The van der Waals surface area contributed by atoms with E-state index in [4.69, 9.17) is 9.15 Å². The molecule has 2 aliphatic rings. The Morgan fingerprint density at radius 3 is 2.67 bits per heavy atom. The molecule has 7 heteroatoms. The van der Waals surface area contributed by atoms with Gasteiger partial charge >= 0.3 is 5.97 Å². The number of β-lactam (4-membered cyclic amide) rings is 1. The number of carboxylic acids is 1. The van der Waals surface area contributed by atoms with Crippen LogP contribution in [0, 0.1) is 11.8 Å². The minimum Gasteiger partial charge on any atom is -0.488 e. The summed E-state index contributed by atoms with van der Waals surface area (Å²) in [6.45, 7) is 3.47. The number of rotatable bonds is 5. The number of carboxylic acid groups (broad SMARTS) is 1. The first-order valence-electron chi connectivity index (χ1n) is 9.90. The van der Waals surface area contributed by atoms with Gasteiger partial charge in [0.15, 0.2) is 0 Å². The second-order valence-corrected chi connectivity index (χ2v) is 7.95. The van der Waals surface area contributed by atoms with Gasteiger partial charge in [-0.15, -0.1) is 0 Å². The van der Waals surface area contributed by atoms with Crippen molar-refractivity contribution in [3.8, 4) is 5.75 Å². The van der Waals surface area contributed by atoms with Gasteiger partial charge in [0.25, 0.3) is 0 Å². The summed E-state index contributed by atoms with van der Waals surface area (Å²) >= 11 is 0. The normalized spacial score (nSPS) is 24.3. The maximum atomic E-state index is 12.5. The number of aliphatic hydroxyl groups excluding tert-OH is 1. The monoisotopic (exact) mass is 407 g/mol. The van der Waals surface area contributed by atoms with Gasteiger partial charge in [-0.1, -0.05) is 31.2 Å². The molecule has 3 heterocycles. The molecular formula is C23H21NO6. The van der Waals surface area contributed by atoms with Crippen LogP contribution in [0.2, 0.25) is 0 Å². The largest absolute Gasteiger partial charge is 0.488 e. The van der Waals surface area contributed by atoms with E-state index in [0.717, 1.165) is 16.4 Å². The number of hydrogen-bond acceptors (Lipinski definition) is 5. The van der Waals surface area contributed by atoms with Crippen molar-refractivity contribution in [1.29, 1.82) is 0 Å². The van der Waals surface area contributed by atoms with Crippen molar-refractivity contribution in [2.45, 2.75) is 26.0 Å². The molecule has 0 saturated carbocycles. The lowest BCUT2D eigenvalue weighted by Gasteiger charge is -2.46. The zero-order chi connectivity index (χ0) is 21.2. The van der Waals surface area contributed by atoms with Crippen molar-refractivity contribution in [1.82, 2.24) is 4.90 Å². The van der Waals surface area contributed by atoms with E-state index in [0.29, 0.717) is 16.9 Å². The van der Waals surface area contributed by atoms with E-state index in [-0.39, 0.29) is 30.2 Å². The number of para-hydroxylation sites is 1. The smallest absolute Gasteiger partial charge is 0.352 e. The third-order valence-electron chi connectivity index (χ3n) is 6.27. The number of nitrogens with zero attached hydrogens (tertiary/aromatic N) is 1. The summed E-state index contributed by atoms with van der Waals surface area (Å²) < 4.78 is 12.0. The van der Waals surface area contributed by atoms with Gasteiger partial charge in [0.1, 0.15) is 29.2 Å². The van der Waals surface area contributed by atoms with Crippen molar-refractivity contribution in [3.05, 3.63) is 53.7 Å². The van der Waals surface area contributed by atoms with E-state index < -0.39 is 18.0 Å². The summed E-state index contributed by atoms with van der Waals surface area (Å²) in [4.78, 5) is 25.7. The van der Waals surface area contributed by atoms with Crippen molar-refractivity contribution < 1.29 is 29.0 Å². The molecule has 0 bridgehead atoms.